The smallest absolute Gasteiger partial charge is 0.475 e. The van der Waals surface area contributed by atoms with Crippen LogP contribution in [0.25, 0.3) is 22.5 Å². The van der Waals surface area contributed by atoms with Gasteiger partial charge in [0.05, 0.1) is 11.3 Å². The third kappa shape index (κ3) is 4.77. The van der Waals surface area contributed by atoms with E-state index in [1.165, 1.54) is 0 Å². The Balaban J connectivity index is 0.000000344. The standard InChI is InChI=1S/C21H18N4O2.C2HF3O2/c26-20-15-2-1-13(9-12(15)3-7-23-20)18-10-14(4-6-22-18)19-11-16-17(25-19)5-8-24-21(16)27;3-2(4,5)1(6)7/h1-2,4,6,9-11,25H,3,5,7-8H2,(H,23,26)(H,24,27);(H,6,7). The van der Waals surface area contributed by atoms with E-state index in [0.717, 1.165) is 57.7 Å². The van der Waals surface area contributed by atoms with Crippen molar-refractivity contribution in [1.29, 1.82) is 0 Å². The van der Waals surface area contributed by atoms with Crippen LogP contribution < -0.4 is 10.6 Å². The Labute approximate surface area is 191 Å². The molecule has 0 radical (unpaired) electrons. The van der Waals surface area contributed by atoms with Gasteiger partial charge in [0.1, 0.15) is 0 Å². The molecule has 2 aliphatic heterocycles. The Hall–Kier alpha value is -4.15. The van der Waals surface area contributed by atoms with Crippen LogP contribution in [0, 0.1) is 0 Å². The van der Waals surface area contributed by atoms with E-state index in [0.29, 0.717) is 13.1 Å². The largest absolute Gasteiger partial charge is 0.490 e. The third-order valence-corrected chi connectivity index (χ3v) is 5.44. The van der Waals surface area contributed by atoms with Crippen molar-refractivity contribution in [3.63, 3.8) is 0 Å². The molecule has 4 N–H and O–H groups in total. The van der Waals surface area contributed by atoms with Crippen molar-refractivity contribution in [2.24, 2.45) is 0 Å². The molecule has 34 heavy (non-hydrogen) atoms. The minimum absolute atomic E-state index is 0.0141. The van der Waals surface area contributed by atoms with Crippen LogP contribution in [0.4, 0.5) is 13.2 Å². The number of amides is 2. The number of halogens is 3. The number of aliphatic carboxylic acids is 1. The predicted octanol–water partition coefficient (Wildman–Crippen LogP) is 2.95. The molecule has 0 unspecified atom stereocenters. The summed E-state index contributed by atoms with van der Waals surface area (Å²) in [7, 11) is 0. The number of carboxylic acid groups (broad SMARTS) is 1. The third-order valence-electron chi connectivity index (χ3n) is 5.44. The van der Waals surface area contributed by atoms with E-state index in [4.69, 9.17) is 9.90 Å². The molecule has 0 saturated carbocycles. The molecular formula is C23H19F3N4O4. The van der Waals surface area contributed by atoms with Gasteiger partial charge in [0.25, 0.3) is 11.8 Å². The molecular weight excluding hydrogens is 453 g/mol. The van der Waals surface area contributed by atoms with Gasteiger partial charge in [-0.1, -0.05) is 6.07 Å². The van der Waals surface area contributed by atoms with Gasteiger partial charge in [-0.3, -0.25) is 14.6 Å². The van der Waals surface area contributed by atoms with Gasteiger partial charge < -0.3 is 20.7 Å². The topological polar surface area (TPSA) is 124 Å². The second kappa shape index (κ2) is 9.00. The summed E-state index contributed by atoms with van der Waals surface area (Å²) in [6.45, 7) is 1.33. The van der Waals surface area contributed by atoms with E-state index in [9.17, 15) is 22.8 Å². The molecule has 2 aromatic heterocycles. The molecule has 8 nitrogen and oxygen atoms in total. The number of rotatable bonds is 2. The maximum atomic E-state index is 12.0. The molecule has 1 aromatic carbocycles. The van der Waals surface area contributed by atoms with Gasteiger partial charge in [-0.05, 0) is 42.3 Å². The maximum Gasteiger partial charge on any atom is 0.490 e. The fourth-order valence-electron chi connectivity index (χ4n) is 3.79. The number of nitrogens with zero attached hydrogens (tertiary/aromatic N) is 1. The van der Waals surface area contributed by atoms with E-state index in [2.05, 4.69) is 20.6 Å². The molecule has 0 aliphatic carbocycles. The Morgan fingerprint density at radius 2 is 1.59 bits per heavy atom. The molecule has 11 heteroatoms. The predicted molar refractivity (Wildman–Crippen MR) is 115 cm³/mol. The first-order chi connectivity index (χ1) is 16.1. The van der Waals surface area contributed by atoms with E-state index >= 15 is 0 Å². The summed E-state index contributed by atoms with van der Waals surface area (Å²) in [5.74, 6) is -2.80. The number of fused-ring (bicyclic) bond motifs is 2. The number of aromatic amines is 1. The lowest BCUT2D eigenvalue weighted by Gasteiger charge is -2.17. The molecule has 0 fully saturated rings. The average molecular weight is 472 g/mol. The molecule has 2 amide bonds. The van der Waals surface area contributed by atoms with E-state index in [1.807, 2.05) is 36.4 Å². The van der Waals surface area contributed by atoms with Crippen LogP contribution in [-0.2, 0) is 17.6 Å². The van der Waals surface area contributed by atoms with Crippen molar-refractivity contribution in [3.8, 4) is 22.5 Å². The van der Waals surface area contributed by atoms with Crippen molar-refractivity contribution in [3.05, 3.63) is 65.0 Å². The first-order valence-electron chi connectivity index (χ1n) is 10.3. The van der Waals surface area contributed by atoms with Crippen LogP contribution in [0.5, 0.6) is 0 Å². The van der Waals surface area contributed by atoms with Gasteiger partial charge in [0.2, 0.25) is 0 Å². The number of nitrogens with one attached hydrogen (secondary N) is 3. The fourth-order valence-corrected chi connectivity index (χ4v) is 3.79. The zero-order chi connectivity index (χ0) is 24.5. The number of hydrogen-bond acceptors (Lipinski definition) is 4. The number of pyridine rings is 1. The van der Waals surface area contributed by atoms with E-state index < -0.39 is 12.1 Å². The van der Waals surface area contributed by atoms with Crippen molar-refractivity contribution in [1.82, 2.24) is 20.6 Å². The highest BCUT2D eigenvalue weighted by Gasteiger charge is 2.38. The number of benzene rings is 1. The van der Waals surface area contributed by atoms with Crippen LogP contribution in [0.2, 0.25) is 0 Å². The summed E-state index contributed by atoms with van der Waals surface area (Å²) < 4.78 is 31.7. The zero-order valence-corrected chi connectivity index (χ0v) is 17.6. The van der Waals surface area contributed by atoms with Crippen molar-refractivity contribution in [2.45, 2.75) is 19.0 Å². The number of H-pyrrole nitrogens is 1. The van der Waals surface area contributed by atoms with Crippen molar-refractivity contribution in [2.75, 3.05) is 13.1 Å². The Morgan fingerprint density at radius 3 is 2.26 bits per heavy atom. The molecule has 176 valence electrons. The Morgan fingerprint density at radius 1 is 0.912 bits per heavy atom. The monoisotopic (exact) mass is 472 g/mol. The summed E-state index contributed by atoms with van der Waals surface area (Å²) >= 11 is 0. The number of alkyl halides is 3. The maximum absolute atomic E-state index is 12.0. The number of aromatic nitrogens is 2. The molecule has 0 atom stereocenters. The van der Waals surface area contributed by atoms with Crippen LogP contribution in [0.3, 0.4) is 0 Å². The Bertz CT molecular complexity index is 1280. The van der Waals surface area contributed by atoms with Crippen LogP contribution in [0.15, 0.2) is 42.6 Å². The molecule has 5 rings (SSSR count). The zero-order valence-electron chi connectivity index (χ0n) is 17.6. The highest BCUT2D eigenvalue weighted by Crippen LogP contribution is 2.28. The number of carbonyl (C=O) groups excluding carboxylic acids is 2. The van der Waals surface area contributed by atoms with Crippen LogP contribution in [-0.4, -0.2) is 52.1 Å². The molecule has 3 aromatic rings. The second-order valence-electron chi connectivity index (χ2n) is 7.69. The lowest BCUT2D eigenvalue weighted by molar-refractivity contribution is -0.192. The van der Waals surface area contributed by atoms with Crippen molar-refractivity contribution >= 4 is 17.8 Å². The van der Waals surface area contributed by atoms with Gasteiger partial charge in [0, 0.05) is 53.8 Å². The van der Waals surface area contributed by atoms with Gasteiger partial charge in [-0.2, -0.15) is 13.2 Å². The summed E-state index contributed by atoms with van der Waals surface area (Å²) in [6, 6.07) is 11.7. The molecule has 2 aliphatic rings. The highest BCUT2D eigenvalue weighted by molar-refractivity contribution is 5.98. The lowest BCUT2D eigenvalue weighted by atomic mass is 9.96. The number of carboxylic acids is 1. The average Bonchev–Trinajstić information content (AvgIpc) is 3.25. The SMILES string of the molecule is O=C(O)C(F)(F)F.O=C1NCCc2cc(-c3cc(-c4cc5c([nH]4)CCNC5=O)ccn3)ccc21. The number of hydrogen-bond donors (Lipinski definition) is 4. The van der Waals surface area contributed by atoms with Gasteiger partial charge >= 0.3 is 12.1 Å². The fraction of sp³-hybridized carbons (Fsp3) is 0.217. The van der Waals surface area contributed by atoms with E-state index in [1.54, 1.807) is 6.20 Å². The van der Waals surface area contributed by atoms with Crippen LogP contribution >= 0.6 is 0 Å². The molecule has 4 heterocycles. The minimum atomic E-state index is -5.08. The molecule has 0 saturated heterocycles. The Kier molecular flexibility index (Phi) is 6.10. The number of carbonyl (C=O) groups is 3. The second-order valence-corrected chi connectivity index (χ2v) is 7.69. The van der Waals surface area contributed by atoms with Gasteiger partial charge in [-0.25, -0.2) is 4.79 Å². The lowest BCUT2D eigenvalue weighted by Crippen LogP contribution is -2.31. The summed E-state index contributed by atoms with van der Waals surface area (Å²) in [6.07, 6.45) is -1.67. The summed E-state index contributed by atoms with van der Waals surface area (Å²) in [4.78, 5) is 40.7. The van der Waals surface area contributed by atoms with Gasteiger partial charge in [0.15, 0.2) is 0 Å². The molecule has 0 bridgehead atoms. The molecule has 0 spiro atoms. The van der Waals surface area contributed by atoms with E-state index in [-0.39, 0.29) is 11.8 Å². The first kappa shape index (κ1) is 23.0. The van der Waals surface area contributed by atoms with Crippen LogP contribution in [0.1, 0.15) is 32.0 Å². The van der Waals surface area contributed by atoms with Crippen molar-refractivity contribution < 1.29 is 32.7 Å². The minimum Gasteiger partial charge on any atom is -0.475 e. The summed E-state index contributed by atoms with van der Waals surface area (Å²) in [5.41, 5.74) is 7.22. The highest BCUT2D eigenvalue weighted by atomic mass is 19.4. The summed E-state index contributed by atoms with van der Waals surface area (Å²) in [5, 5.41) is 12.9. The normalized spacial score (nSPS) is 14.7. The first-order valence-corrected chi connectivity index (χ1v) is 10.3. The van der Waals surface area contributed by atoms with Gasteiger partial charge in [-0.15, -0.1) is 0 Å². The quantitative estimate of drug-likeness (QED) is 0.457.